The van der Waals surface area contributed by atoms with Crippen LogP contribution >= 0.6 is 11.6 Å². The van der Waals surface area contributed by atoms with Gasteiger partial charge in [0.2, 0.25) is 0 Å². The lowest BCUT2D eigenvalue weighted by molar-refractivity contribution is 0.0729. The summed E-state index contributed by atoms with van der Waals surface area (Å²) in [5.74, 6) is -0.517. The Balaban J connectivity index is 2.20. The van der Waals surface area contributed by atoms with Crippen LogP contribution in [0.3, 0.4) is 0 Å². The van der Waals surface area contributed by atoms with Crippen LogP contribution in [0.25, 0.3) is 0 Å². The average molecular weight is 437 g/mol. The molecule has 0 N–H and O–H groups in total. The van der Waals surface area contributed by atoms with E-state index in [9.17, 15) is 13.2 Å². The molecule has 0 spiro atoms. The first kappa shape index (κ1) is 23.4. The third-order valence-electron chi connectivity index (χ3n) is 5.05. The summed E-state index contributed by atoms with van der Waals surface area (Å²) in [5, 5.41) is 0.192. The van der Waals surface area contributed by atoms with Crippen LogP contribution in [-0.4, -0.2) is 37.3 Å². The molecule has 1 heterocycles. The van der Waals surface area contributed by atoms with E-state index in [1.807, 2.05) is 6.92 Å². The number of carbonyl (C=O) groups excluding carboxylic acids is 1. The van der Waals surface area contributed by atoms with Crippen LogP contribution in [0.4, 0.5) is 0 Å². The van der Waals surface area contributed by atoms with Crippen LogP contribution in [-0.2, 0) is 15.6 Å². The van der Waals surface area contributed by atoms with Crippen molar-refractivity contribution in [1.29, 1.82) is 0 Å². The fourth-order valence-corrected chi connectivity index (χ4v) is 5.41. The molecule has 0 aliphatic carbocycles. The summed E-state index contributed by atoms with van der Waals surface area (Å²) in [5.41, 5.74) is 1.16. The average Bonchev–Trinajstić information content (AvgIpc) is 2.66. The third-order valence-corrected chi connectivity index (χ3v) is 7.31. The topological polar surface area (TPSA) is 67.3 Å². The highest BCUT2D eigenvalue weighted by atomic mass is 35.5. The lowest BCUT2D eigenvalue weighted by Crippen LogP contribution is -2.35. The smallest absolute Gasteiger partial charge is 0.272 e. The Morgan fingerprint density at radius 1 is 1.17 bits per heavy atom. The molecule has 1 atom stereocenters. The molecule has 7 heteroatoms. The van der Waals surface area contributed by atoms with Crippen LogP contribution in [0.5, 0.6) is 0 Å². The first-order chi connectivity index (χ1) is 13.7. The number of amides is 1. The summed E-state index contributed by atoms with van der Waals surface area (Å²) >= 11 is 6.13. The largest absolute Gasteiger partial charge is 0.338 e. The van der Waals surface area contributed by atoms with E-state index >= 15 is 0 Å². The van der Waals surface area contributed by atoms with Gasteiger partial charge in [-0.25, -0.2) is 13.4 Å². The molecule has 0 aliphatic heterocycles. The van der Waals surface area contributed by atoms with Gasteiger partial charge < -0.3 is 4.90 Å². The van der Waals surface area contributed by atoms with Gasteiger partial charge in [-0.05, 0) is 44.0 Å². The van der Waals surface area contributed by atoms with E-state index in [-0.39, 0.29) is 33.3 Å². The van der Waals surface area contributed by atoms with Crippen molar-refractivity contribution in [3.8, 4) is 0 Å². The van der Waals surface area contributed by atoms with Gasteiger partial charge in [-0.2, -0.15) is 0 Å². The van der Waals surface area contributed by atoms with Crippen molar-refractivity contribution in [2.24, 2.45) is 0 Å². The van der Waals surface area contributed by atoms with Crippen LogP contribution in [0, 0.1) is 6.92 Å². The highest BCUT2D eigenvalue weighted by Gasteiger charge is 2.23. The molecule has 1 aromatic carbocycles. The zero-order valence-corrected chi connectivity index (χ0v) is 19.1. The second-order valence-electron chi connectivity index (χ2n) is 7.42. The van der Waals surface area contributed by atoms with E-state index in [1.165, 1.54) is 0 Å². The minimum atomic E-state index is -3.69. The monoisotopic (exact) mass is 436 g/mol. The highest BCUT2D eigenvalue weighted by Crippen LogP contribution is 2.27. The van der Waals surface area contributed by atoms with Gasteiger partial charge in [-0.1, -0.05) is 56.0 Å². The van der Waals surface area contributed by atoms with Crippen molar-refractivity contribution in [2.75, 3.05) is 7.05 Å². The first-order valence-electron chi connectivity index (χ1n) is 9.88. The Labute approximate surface area is 179 Å². The number of nitrogens with zero attached hydrogens (tertiary/aromatic N) is 2. The SMILES string of the molecule is CCCCC[C@H](C)N(C)C(=O)c1cccc(CS(=O)(=O)c2c(C)cccc2Cl)n1. The molecule has 1 aromatic heterocycles. The quantitative estimate of drug-likeness (QED) is 0.515. The van der Waals surface area contributed by atoms with Crippen LogP contribution in [0.15, 0.2) is 41.3 Å². The molecule has 0 fully saturated rings. The number of pyridine rings is 1. The Hall–Kier alpha value is -1.92. The number of carbonyl (C=O) groups is 1. The van der Waals surface area contributed by atoms with E-state index in [2.05, 4.69) is 11.9 Å². The maximum absolute atomic E-state index is 12.9. The number of hydrogen-bond acceptors (Lipinski definition) is 4. The fraction of sp³-hybridized carbons (Fsp3) is 0.455. The number of unbranched alkanes of at least 4 members (excludes halogenated alkanes) is 2. The maximum Gasteiger partial charge on any atom is 0.272 e. The number of rotatable bonds is 9. The Kier molecular flexibility index (Phi) is 8.23. The van der Waals surface area contributed by atoms with Gasteiger partial charge in [0.05, 0.1) is 21.4 Å². The summed E-state index contributed by atoms with van der Waals surface area (Å²) in [7, 11) is -1.93. The zero-order chi connectivity index (χ0) is 21.6. The van der Waals surface area contributed by atoms with Crippen molar-refractivity contribution < 1.29 is 13.2 Å². The second-order valence-corrected chi connectivity index (χ2v) is 9.75. The molecule has 2 rings (SSSR count). The second kappa shape index (κ2) is 10.2. The van der Waals surface area contributed by atoms with Crippen molar-refractivity contribution in [1.82, 2.24) is 9.88 Å². The summed E-state index contributed by atoms with van der Waals surface area (Å²) in [6, 6.07) is 9.98. The van der Waals surface area contributed by atoms with Gasteiger partial charge in [0.1, 0.15) is 5.69 Å². The van der Waals surface area contributed by atoms with Crippen molar-refractivity contribution in [3.63, 3.8) is 0 Å². The Morgan fingerprint density at radius 3 is 2.52 bits per heavy atom. The number of benzene rings is 1. The molecule has 5 nitrogen and oxygen atoms in total. The highest BCUT2D eigenvalue weighted by molar-refractivity contribution is 7.90. The maximum atomic E-state index is 12.9. The zero-order valence-electron chi connectivity index (χ0n) is 17.5. The summed E-state index contributed by atoms with van der Waals surface area (Å²) in [6.07, 6.45) is 4.26. The number of halogens is 1. The molecule has 0 aliphatic rings. The van der Waals surface area contributed by atoms with Gasteiger partial charge in [-0.3, -0.25) is 4.79 Å². The molecular weight excluding hydrogens is 408 g/mol. The van der Waals surface area contributed by atoms with Crippen LogP contribution in [0.1, 0.15) is 61.3 Å². The Bertz CT molecular complexity index is 940. The number of hydrogen-bond donors (Lipinski definition) is 0. The fourth-order valence-electron chi connectivity index (χ4n) is 3.22. The van der Waals surface area contributed by atoms with Gasteiger partial charge >= 0.3 is 0 Å². The molecule has 29 heavy (non-hydrogen) atoms. The third kappa shape index (κ3) is 6.03. The standard InChI is InChI=1S/C22H29ClN2O3S/c1-5-6-7-11-17(3)25(4)22(26)20-14-9-12-18(24-20)15-29(27,28)21-16(2)10-8-13-19(21)23/h8-10,12-14,17H,5-7,11,15H2,1-4H3/t17-/m0/s1. The molecule has 158 valence electrons. The van der Waals surface area contributed by atoms with Crippen molar-refractivity contribution in [3.05, 3.63) is 58.4 Å². The normalized spacial score (nSPS) is 12.6. The van der Waals surface area contributed by atoms with Gasteiger partial charge in [0.15, 0.2) is 9.84 Å². The lowest BCUT2D eigenvalue weighted by atomic mass is 10.1. The van der Waals surface area contributed by atoms with Crippen LogP contribution in [0.2, 0.25) is 5.02 Å². The summed E-state index contributed by atoms with van der Waals surface area (Å²) < 4.78 is 25.8. The lowest BCUT2D eigenvalue weighted by Gasteiger charge is -2.24. The molecule has 0 saturated carbocycles. The van der Waals surface area contributed by atoms with Gasteiger partial charge in [0, 0.05) is 13.1 Å². The van der Waals surface area contributed by atoms with E-state index in [0.717, 1.165) is 25.7 Å². The minimum Gasteiger partial charge on any atom is -0.338 e. The van der Waals surface area contributed by atoms with Gasteiger partial charge in [0.25, 0.3) is 5.91 Å². The molecule has 2 aromatic rings. The van der Waals surface area contributed by atoms with E-state index in [1.54, 1.807) is 55.3 Å². The molecule has 0 saturated heterocycles. The summed E-state index contributed by atoms with van der Waals surface area (Å²) in [4.78, 5) is 18.9. The van der Waals surface area contributed by atoms with Crippen molar-refractivity contribution >= 4 is 27.3 Å². The molecule has 0 unspecified atom stereocenters. The number of sulfone groups is 1. The molecule has 0 bridgehead atoms. The van der Waals surface area contributed by atoms with Crippen LogP contribution < -0.4 is 0 Å². The van der Waals surface area contributed by atoms with E-state index in [0.29, 0.717) is 11.3 Å². The Morgan fingerprint density at radius 2 is 1.86 bits per heavy atom. The van der Waals surface area contributed by atoms with E-state index < -0.39 is 9.84 Å². The number of aryl methyl sites for hydroxylation is 1. The molecule has 1 amide bonds. The van der Waals surface area contributed by atoms with Gasteiger partial charge in [-0.15, -0.1) is 0 Å². The predicted octanol–water partition coefficient (Wildman–Crippen LogP) is 5.06. The molecule has 0 radical (unpaired) electrons. The van der Waals surface area contributed by atoms with E-state index in [4.69, 9.17) is 11.6 Å². The van der Waals surface area contributed by atoms with Crippen molar-refractivity contribution in [2.45, 2.75) is 63.1 Å². The summed E-state index contributed by atoms with van der Waals surface area (Å²) in [6.45, 7) is 5.87. The number of aromatic nitrogens is 1. The first-order valence-corrected chi connectivity index (χ1v) is 11.9. The minimum absolute atomic E-state index is 0.0917. The molecular formula is C22H29ClN2O3S. The predicted molar refractivity (Wildman–Crippen MR) is 117 cm³/mol.